The zero-order chi connectivity index (χ0) is 21.5. The van der Waals surface area contributed by atoms with Gasteiger partial charge in [-0.05, 0) is 69.1 Å². The van der Waals surface area contributed by atoms with Crippen LogP contribution in [0.5, 0.6) is 23.0 Å². The van der Waals surface area contributed by atoms with Crippen molar-refractivity contribution in [1.29, 1.82) is 0 Å². The summed E-state index contributed by atoms with van der Waals surface area (Å²) < 4.78 is 23.3. The summed E-state index contributed by atoms with van der Waals surface area (Å²) in [5.74, 6) is 2.94. The Morgan fingerprint density at radius 3 is 2.61 bits per heavy atom. The Labute approximate surface area is 185 Å². The van der Waals surface area contributed by atoms with Gasteiger partial charge < -0.3 is 29.6 Å². The summed E-state index contributed by atoms with van der Waals surface area (Å²) in [6.45, 7) is 6.54. The first-order chi connectivity index (χ1) is 15.2. The normalized spacial score (nSPS) is 17.9. The summed E-state index contributed by atoms with van der Waals surface area (Å²) in [5.41, 5.74) is 7.17. The van der Waals surface area contributed by atoms with Gasteiger partial charge in [-0.1, -0.05) is 24.6 Å². The minimum Gasteiger partial charge on any atom is -0.494 e. The van der Waals surface area contributed by atoms with Crippen molar-refractivity contribution in [3.05, 3.63) is 48.0 Å². The second kappa shape index (κ2) is 10.7. The molecule has 168 valence electrons. The van der Waals surface area contributed by atoms with Crippen LogP contribution in [-0.4, -0.2) is 44.0 Å². The predicted octanol–water partition coefficient (Wildman–Crippen LogP) is 4.53. The van der Waals surface area contributed by atoms with Gasteiger partial charge in [0.2, 0.25) is 12.5 Å². The first-order valence-corrected chi connectivity index (χ1v) is 11.4. The minimum atomic E-state index is -0.177. The molecule has 0 spiro atoms. The molecule has 2 aromatic rings. The van der Waals surface area contributed by atoms with Gasteiger partial charge >= 0.3 is 0 Å². The fraction of sp³-hybridized carbons (Fsp3) is 0.520. The van der Waals surface area contributed by atoms with E-state index in [1.165, 1.54) is 32.4 Å². The van der Waals surface area contributed by atoms with E-state index in [0.29, 0.717) is 23.7 Å². The van der Waals surface area contributed by atoms with E-state index in [2.05, 4.69) is 17.0 Å². The molecule has 0 amide bonds. The molecule has 0 bridgehead atoms. The fourth-order valence-electron chi connectivity index (χ4n) is 4.18. The number of nitrogens with two attached hydrogens (primary N) is 1. The third-order valence-corrected chi connectivity index (χ3v) is 5.80. The molecule has 2 N–H and O–H groups in total. The fourth-order valence-corrected chi connectivity index (χ4v) is 4.18. The number of hydrogen-bond acceptors (Lipinski definition) is 6. The van der Waals surface area contributed by atoms with E-state index in [1.54, 1.807) is 0 Å². The van der Waals surface area contributed by atoms with E-state index in [0.717, 1.165) is 30.9 Å². The summed E-state index contributed by atoms with van der Waals surface area (Å²) in [7, 11) is 0. The van der Waals surface area contributed by atoms with Crippen molar-refractivity contribution in [3.8, 4) is 23.0 Å². The lowest BCUT2D eigenvalue weighted by molar-refractivity contribution is 0.155. The van der Waals surface area contributed by atoms with Crippen molar-refractivity contribution in [2.45, 2.75) is 51.2 Å². The lowest BCUT2D eigenvalue weighted by Crippen LogP contribution is -2.31. The van der Waals surface area contributed by atoms with Gasteiger partial charge in [0.05, 0.1) is 6.61 Å². The molecule has 2 aliphatic rings. The van der Waals surface area contributed by atoms with Crippen LogP contribution < -0.4 is 24.7 Å². The van der Waals surface area contributed by atoms with Crippen LogP contribution in [0.25, 0.3) is 0 Å². The topological polar surface area (TPSA) is 66.2 Å². The molecule has 2 heterocycles. The number of nitrogens with zero attached hydrogens (tertiary/aromatic N) is 1. The molecule has 4 rings (SSSR count). The highest BCUT2D eigenvalue weighted by atomic mass is 16.7. The molecular formula is C25H34N2O4. The maximum atomic E-state index is 6.33. The molecule has 6 nitrogen and oxygen atoms in total. The molecule has 2 atom stereocenters. The summed E-state index contributed by atoms with van der Waals surface area (Å²) in [6.07, 6.45) is 5.61. The predicted molar refractivity (Wildman–Crippen MR) is 121 cm³/mol. The maximum Gasteiger partial charge on any atom is 0.231 e. The highest BCUT2D eigenvalue weighted by Crippen LogP contribution is 2.42. The van der Waals surface area contributed by atoms with E-state index in [4.69, 9.17) is 24.7 Å². The van der Waals surface area contributed by atoms with Crippen LogP contribution in [0.4, 0.5) is 0 Å². The largest absolute Gasteiger partial charge is 0.494 e. The molecule has 2 unspecified atom stereocenters. The number of piperidine rings is 1. The zero-order valence-electron chi connectivity index (χ0n) is 18.4. The van der Waals surface area contributed by atoms with Gasteiger partial charge in [-0.15, -0.1) is 0 Å². The summed E-state index contributed by atoms with van der Waals surface area (Å²) >= 11 is 0. The Bertz CT molecular complexity index is 819. The number of para-hydroxylation sites is 1. The Morgan fingerprint density at radius 1 is 1.03 bits per heavy atom. The lowest BCUT2D eigenvalue weighted by Gasteiger charge is -2.26. The van der Waals surface area contributed by atoms with Crippen LogP contribution in [0.1, 0.15) is 50.7 Å². The van der Waals surface area contributed by atoms with Crippen LogP contribution in [0.3, 0.4) is 0 Å². The summed E-state index contributed by atoms with van der Waals surface area (Å²) in [5, 5.41) is 0. The number of likely N-dealkylation sites (tertiary alicyclic amines) is 1. The quantitative estimate of drug-likeness (QED) is 0.563. The van der Waals surface area contributed by atoms with E-state index >= 15 is 0 Å². The molecule has 6 heteroatoms. The molecule has 0 aliphatic carbocycles. The average molecular weight is 427 g/mol. The molecule has 1 fully saturated rings. The number of fused-ring (bicyclic) bond motifs is 1. The van der Waals surface area contributed by atoms with Gasteiger partial charge in [0, 0.05) is 19.0 Å². The van der Waals surface area contributed by atoms with E-state index < -0.39 is 0 Å². The molecule has 2 aliphatic heterocycles. The standard InChI is InChI=1S/C25H34N2O4/c1-19(26)17-24(31-23-8-5-7-22-25(23)30-18-29-22)20-9-11-21(12-10-20)28-16-6-15-27-13-3-2-4-14-27/h5,7-12,19,24H,2-4,6,13-18,26H2,1H3. The molecule has 31 heavy (non-hydrogen) atoms. The van der Waals surface area contributed by atoms with Crippen molar-refractivity contribution in [2.24, 2.45) is 5.73 Å². The van der Waals surface area contributed by atoms with Crippen LogP contribution in [-0.2, 0) is 0 Å². The molecule has 2 aromatic carbocycles. The highest BCUT2D eigenvalue weighted by Gasteiger charge is 2.23. The molecular weight excluding hydrogens is 392 g/mol. The lowest BCUT2D eigenvalue weighted by atomic mass is 10.0. The van der Waals surface area contributed by atoms with Crippen LogP contribution in [0.2, 0.25) is 0 Å². The van der Waals surface area contributed by atoms with Crippen molar-refractivity contribution in [3.63, 3.8) is 0 Å². The Morgan fingerprint density at radius 2 is 1.84 bits per heavy atom. The third kappa shape index (κ3) is 6.05. The van der Waals surface area contributed by atoms with E-state index in [-0.39, 0.29) is 18.9 Å². The van der Waals surface area contributed by atoms with Gasteiger partial charge in [0.1, 0.15) is 11.9 Å². The molecule has 0 saturated carbocycles. The van der Waals surface area contributed by atoms with Gasteiger partial charge in [0.25, 0.3) is 0 Å². The van der Waals surface area contributed by atoms with Crippen LogP contribution in [0.15, 0.2) is 42.5 Å². The van der Waals surface area contributed by atoms with Gasteiger partial charge in [0.15, 0.2) is 11.5 Å². The first kappa shape index (κ1) is 21.8. The smallest absolute Gasteiger partial charge is 0.231 e. The van der Waals surface area contributed by atoms with Crippen molar-refractivity contribution < 1.29 is 18.9 Å². The number of rotatable bonds is 10. The van der Waals surface area contributed by atoms with E-state index in [9.17, 15) is 0 Å². The number of ether oxygens (including phenoxy) is 4. The Hall–Kier alpha value is -2.44. The van der Waals surface area contributed by atoms with Gasteiger partial charge in [-0.3, -0.25) is 0 Å². The second-order valence-electron chi connectivity index (χ2n) is 8.48. The Balaban J connectivity index is 1.34. The molecule has 0 radical (unpaired) electrons. The minimum absolute atomic E-state index is 0.00430. The zero-order valence-corrected chi connectivity index (χ0v) is 18.4. The van der Waals surface area contributed by atoms with Gasteiger partial charge in [-0.2, -0.15) is 0 Å². The van der Waals surface area contributed by atoms with Crippen LogP contribution >= 0.6 is 0 Å². The summed E-state index contributed by atoms with van der Waals surface area (Å²) in [4.78, 5) is 2.54. The maximum absolute atomic E-state index is 6.33. The monoisotopic (exact) mass is 426 g/mol. The molecule has 0 aromatic heterocycles. The first-order valence-electron chi connectivity index (χ1n) is 11.4. The van der Waals surface area contributed by atoms with Crippen molar-refractivity contribution >= 4 is 0 Å². The average Bonchev–Trinajstić information content (AvgIpc) is 3.27. The van der Waals surface area contributed by atoms with Crippen LogP contribution in [0, 0.1) is 0 Å². The second-order valence-corrected chi connectivity index (χ2v) is 8.48. The third-order valence-electron chi connectivity index (χ3n) is 5.80. The van der Waals surface area contributed by atoms with Crippen molar-refractivity contribution in [1.82, 2.24) is 4.90 Å². The number of hydrogen-bond donors (Lipinski definition) is 1. The molecule has 1 saturated heterocycles. The van der Waals surface area contributed by atoms with Crippen molar-refractivity contribution in [2.75, 3.05) is 33.0 Å². The SMILES string of the molecule is CC(N)CC(Oc1cccc2c1OCO2)c1ccc(OCCCN2CCCCC2)cc1. The highest BCUT2D eigenvalue weighted by molar-refractivity contribution is 5.52. The van der Waals surface area contributed by atoms with E-state index in [1.807, 2.05) is 37.3 Å². The van der Waals surface area contributed by atoms with Gasteiger partial charge in [-0.25, -0.2) is 0 Å². The summed E-state index contributed by atoms with van der Waals surface area (Å²) in [6, 6.07) is 13.9. The number of benzene rings is 2. The Kier molecular flexibility index (Phi) is 7.54.